The van der Waals surface area contributed by atoms with Crippen molar-refractivity contribution in [2.24, 2.45) is 0 Å². The molecule has 0 aliphatic carbocycles. The highest BCUT2D eigenvalue weighted by atomic mass is 31.0. The van der Waals surface area contributed by atoms with E-state index in [-0.39, 0.29) is 0 Å². The third-order valence-corrected chi connectivity index (χ3v) is 3.78. The Labute approximate surface area is 149 Å². The Morgan fingerprint density at radius 1 is 0.840 bits per heavy atom. The fourth-order valence-corrected chi connectivity index (χ4v) is 2.39. The van der Waals surface area contributed by atoms with Gasteiger partial charge in [0.1, 0.15) is 11.5 Å². The van der Waals surface area contributed by atoms with Gasteiger partial charge in [-0.2, -0.15) is 0 Å². The summed E-state index contributed by atoms with van der Waals surface area (Å²) in [6.07, 6.45) is 0. The normalized spacial score (nSPS) is 10.0. The molecule has 0 saturated heterocycles. The average Bonchev–Trinajstić information content (AvgIpc) is 2.55. The Bertz CT molecular complexity index is 850. The molecule has 5 heteroatoms. The maximum Gasteiger partial charge on any atom is 0.338 e. The smallest absolute Gasteiger partial charge is 0.338 e. The molecule has 1 unspecified atom stereocenters. The lowest BCUT2D eigenvalue weighted by Crippen LogP contribution is -2.09. The van der Waals surface area contributed by atoms with Crippen LogP contribution < -0.4 is 14.8 Å². The van der Waals surface area contributed by atoms with Gasteiger partial charge < -0.3 is 9.47 Å². The van der Waals surface area contributed by atoms with Gasteiger partial charge in [0.15, 0.2) is 0 Å². The first-order valence-corrected chi connectivity index (χ1v) is 8.11. The minimum absolute atomic E-state index is 0.342. The second-order valence-electron chi connectivity index (χ2n) is 5.61. The topological polar surface area (TPSA) is 52.6 Å². The molecular formula is C20H19O4P. The van der Waals surface area contributed by atoms with Crippen molar-refractivity contribution in [2.45, 2.75) is 13.8 Å². The molecule has 2 aromatic carbocycles. The van der Waals surface area contributed by atoms with Crippen LogP contribution >= 0.6 is 9.24 Å². The largest absolute Gasteiger partial charge is 0.423 e. The fourth-order valence-electron chi connectivity index (χ4n) is 1.96. The molecule has 128 valence electrons. The summed E-state index contributed by atoms with van der Waals surface area (Å²) in [6.45, 7) is 10.3. The molecule has 0 bridgehead atoms. The highest BCUT2D eigenvalue weighted by Gasteiger charge is 2.09. The zero-order valence-electron chi connectivity index (χ0n) is 14.2. The van der Waals surface area contributed by atoms with Gasteiger partial charge in [0.25, 0.3) is 0 Å². The van der Waals surface area contributed by atoms with Crippen LogP contribution in [0.5, 0.6) is 11.5 Å². The number of rotatable bonds is 5. The molecule has 0 aliphatic heterocycles. The summed E-state index contributed by atoms with van der Waals surface area (Å²) in [7, 11) is 2.62. The van der Waals surface area contributed by atoms with Crippen LogP contribution in [0.25, 0.3) is 11.1 Å². The molecule has 0 N–H and O–H groups in total. The summed E-state index contributed by atoms with van der Waals surface area (Å²) in [6, 6.07) is 12.5. The van der Waals surface area contributed by atoms with E-state index in [0.717, 1.165) is 16.4 Å². The van der Waals surface area contributed by atoms with Gasteiger partial charge in [-0.1, -0.05) is 31.4 Å². The standard InChI is InChI=1S/C20H19O4P/c1-12(2)19(21)23-15-7-5-14(6-8-15)17-10-9-16(11-18(17)25)24-20(22)13(3)4/h5-11H,1,3,25H2,2,4H3. The van der Waals surface area contributed by atoms with Crippen molar-refractivity contribution < 1.29 is 19.1 Å². The van der Waals surface area contributed by atoms with Gasteiger partial charge in [-0.3, -0.25) is 0 Å². The van der Waals surface area contributed by atoms with Crippen LogP contribution in [0, 0.1) is 0 Å². The predicted molar refractivity (Wildman–Crippen MR) is 102 cm³/mol. The average molecular weight is 354 g/mol. The van der Waals surface area contributed by atoms with Crippen molar-refractivity contribution in [3.8, 4) is 22.6 Å². The molecule has 0 aliphatic rings. The van der Waals surface area contributed by atoms with E-state index in [2.05, 4.69) is 22.4 Å². The number of carbonyl (C=O) groups is 2. The minimum atomic E-state index is -0.458. The van der Waals surface area contributed by atoms with Crippen LogP contribution in [0.1, 0.15) is 13.8 Å². The van der Waals surface area contributed by atoms with Crippen molar-refractivity contribution in [3.63, 3.8) is 0 Å². The Kier molecular flexibility index (Phi) is 5.89. The maximum atomic E-state index is 11.6. The van der Waals surface area contributed by atoms with Gasteiger partial charge in [0, 0.05) is 11.1 Å². The first-order valence-electron chi connectivity index (χ1n) is 7.53. The van der Waals surface area contributed by atoms with Gasteiger partial charge in [-0.15, -0.1) is 9.24 Å². The second kappa shape index (κ2) is 7.91. The fraction of sp³-hybridized carbons (Fsp3) is 0.100. The summed E-state index contributed by atoms with van der Waals surface area (Å²) in [5, 5.41) is 0.874. The number of esters is 2. The van der Waals surface area contributed by atoms with E-state index < -0.39 is 11.9 Å². The third kappa shape index (κ3) is 4.88. The highest BCUT2D eigenvalue weighted by molar-refractivity contribution is 7.28. The second-order valence-corrected chi connectivity index (χ2v) is 6.24. The number of hydrogen-bond donors (Lipinski definition) is 0. The molecule has 0 spiro atoms. The molecule has 4 nitrogen and oxygen atoms in total. The number of carbonyl (C=O) groups excluding carboxylic acids is 2. The highest BCUT2D eigenvalue weighted by Crippen LogP contribution is 2.25. The predicted octanol–water partition coefficient (Wildman–Crippen LogP) is 3.82. The van der Waals surface area contributed by atoms with Crippen LogP contribution in [0.3, 0.4) is 0 Å². The molecule has 0 amide bonds. The lowest BCUT2D eigenvalue weighted by Gasteiger charge is -2.10. The molecule has 25 heavy (non-hydrogen) atoms. The Balaban J connectivity index is 2.18. The van der Waals surface area contributed by atoms with E-state index in [4.69, 9.17) is 9.47 Å². The Morgan fingerprint density at radius 2 is 1.32 bits per heavy atom. The summed E-state index contributed by atoms with van der Waals surface area (Å²) < 4.78 is 10.4. The van der Waals surface area contributed by atoms with Crippen LogP contribution in [0.4, 0.5) is 0 Å². The minimum Gasteiger partial charge on any atom is -0.423 e. The van der Waals surface area contributed by atoms with E-state index in [9.17, 15) is 9.59 Å². The SMILES string of the molecule is C=C(C)C(=O)Oc1ccc(-c2ccc(OC(=O)C(=C)C)cc2P)cc1. The number of benzene rings is 2. The molecule has 0 radical (unpaired) electrons. The Hall–Kier alpha value is -2.71. The molecule has 0 aromatic heterocycles. The summed E-state index contributed by atoms with van der Waals surface area (Å²) >= 11 is 0. The molecule has 0 heterocycles. The van der Waals surface area contributed by atoms with Crippen LogP contribution in [-0.2, 0) is 9.59 Å². The van der Waals surface area contributed by atoms with Gasteiger partial charge in [-0.25, -0.2) is 9.59 Å². The number of ether oxygens (including phenoxy) is 2. The van der Waals surface area contributed by atoms with Crippen molar-refractivity contribution >= 4 is 26.5 Å². The zero-order valence-corrected chi connectivity index (χ0v) is 15.3. The number of hydrogen-bond acceptors (Lipinski definition) is 4. The lowest BCUT2D eigenvalue weighted by atomic mass is 10.1. The van der Waals surface area contributed by atoms with Crippen LogP contribution in [0.15, 0.2) is 66.8 Å². The lowest BCUT2D eigenvalue weighted by molar-refractivity contribution is -0.130. The van der Waals surface area contributed by atoms with E-state index in [1.165, 1.54) is 0 Å². The monoisotopic (exact) mass is 354 g/mol. The molecule has 0 saturated carbocycles. The third-order valence-electron chi connectivity index (χ3n) is 3.31. The van der Waals surface area contributed by atoms with Gasteiger partial charge >= 0.3 is 11.9 Å². The van der Waals surface area contributed by atoms with E-state index in [1.54, 1.807) is 38.1 Å². The van der Waals surface area contributed by atoms with Crippen LogP contribution in [0.2, 0.25) is 0 Å². The van der Waals surface area contributed by atoms with E-state index in [0.29, 0.717) is 22.6 Å². The summed E-state index contributed by atoms with van der Waals surface area (Å²) in [5.41, 5.74) is 2.58. The summed E-state index contributed by atoms with van der Waals surface area (Å²) in [5.74, 6) is -0.00757. The Morgan fingerprint density at radius 3 is 1.80 bits per heavy atom. The van der Waals surface area contributed by atoms with Crippen LogP contribution in [-0.4, -0.2) is 11.9 Å². The summed E-state index contributed by atoms with van der Waals surface area (Å²) in [4.78, 5) is 23.1. The van der Waals surface area contributed by atoms with E-state index >= 15 is 0 Å². The zero-order chi connectivity index (χ0) is 18.6. The quantitative estimate of drug-likeness (QED) is 0.355. The van der Waals surface area contributed by atoms with Crippen molar-refractivity contribution in [3.05, 3.63) is 66.8 Å². The van der Waals surface area contributed by atoms with Gasteiger partial charge in [-0.05, 0) is 54.5 Å². The van der Waals surface area contributed by atoms with Gasteiger partial charge in [0.2, 0.25) is 0 Å². The molecular weight excluding hydrogens is 335 g/mol. The molecule has 2 aromatic rings. The van der Waals surface area contributed by atoms with Gasteiger partial charge in [0.05, 0.1) is 0 Å². The maximum absolute atomic E-state index is 11.6. The molecule has 2 rings (SSSR count). The first kappa shape index (κ1) is 18.6. The van der Waals surface area contributed by atoms with Crippen molar-refractivity contribution in [1.82, 2.24) is 0 Å². The van der Waals surface area contributed by atoms with Crippen molar-refractivity contribution in [2.75, 3.05) is 0 Å². The molecule has 0 fully saturated rings. The first-order chi connectivity index (χ1) is 11.8. The molecule has 1 atom stereocenters. The van der Waals surface area contributed by atoms with Crippen molar-refractivity contribution in [1.29, 1.82) is 0 Å². The van der Waals surface area contributed by atoms with E-state index in [1.807, 2.05) is 18.2 Å².